The fourth-order valence-electron chi connectivity index (χ4n) is 2.44. The average Bonchev–Trinajstić information content (AvgIpc) is 2.46. The van der Waals surface area contributed by atoms with Gasteiger partial charge in [0.25, 0.3) is 0 Å². The van der Waals surface area contributed by atoms with Crippen LogP contribution in [0.5, 0.6) is 5.75 Å². The lowest BCUT2D eigenvalue weighted by Crippen LogP contribution is -2.40. The van der Waals surface area contributed by atoms with Gasteiger partial charge in [0.1, 0.15) is 5.75 Å². The predicted octanol–water partition coefficient (Wildman–Crippen LogP) is 2.60. The van der Waals surface area contributed by atoms with Crippen LogP contribution in [-0.4, -0.2) is 36.5 Å². The predicted molar refractivity (Wildman–Crippen MR) is 86.4 cm³/mol. The van der Waals surface area contributed by atoms with Gasteiger partial charge in [-0.05, 0) is 51.3 Å². The smallest absolute Gasteiger partial charge is 0.222 e. The van der Waals surface area contributed by atoms with E-state index in [0.29, 0.717) is 6.42 Å². The number of amides is 1. The third kappa shape index (κ3) is 5.76. The molecule has 2 unspecified atom stereocenters. The summed E-state index contributed by atoms with van der Waals surface area (Å²) in [7, 11) is 1.66. The SMILES string of the molecule is CCN(C(=O)CCC(C)N)C(C)Cc1ccc(OC)cc1. The minimum absolute atomic E-state index is 0.0737. The lowest BCUT2D eigenvalue weighted by molar-refractivity contribution is -0.133. The molecule has 0 fully saturated rings. The zero-order chi connectivity index (χ0) is 15.8. The van der Waals surface area contributed by atoms with E-state index in [1.54, 1.807) is 7.11 Å². The molecule has 1 amide bonds. The van der Waals surface area contributed by atoms with Crippen LogP contribution >= 0.6 is 0 Å². The van der Waals surface area contributed by atoms with Gasteiger partial charge in [0, 0.05) is 25.0 Å². The Labute approximate surface area is 128 Å². The topological polar surface area (TPSA) is 55.6 Å². The Kier molecular flexibility index (Phi) is 7.23. The molecule has 0 saturated carbocycles. The normalized spacial score (nSPS) is 13.6. The van der Waals surface area contributed by atoms with Gasteiger partial charge in [-0.2, -0.15) is 0 Å². The number of carbonyl (C=O) groups excluding carboxylic acids is 1. The first-order valence-corrected chi connectivity index (χ1v) is 7.65. The van der Waals surface area contributed by atoms with Gasteiger partial charge in [-0.1, -0.05) is 12.1 Å². The lowest BCUT2D eigenvalue weighted by atomic mass is 10.0. The number of hydrogen-bond acceptors (Lipinski definition) is 3. The van der Waals surface area contributed by atoms with Crippen molar-refractivity contribution < 1.29 is 9.53 Å². The zero-order valence-corrected chi connectivity index (χ0v) is 13.6. The summed E-state index contributed by atoms with van der Waals surface area (Å²) in [5, 5.41) is 0. The van der Waals surface area contributed by atoms with Crippen LogP contribution in [0.25, 0.3) is 0 Å². The first-order chi connectivity index (χ1) is 9.97. The van der Waals surface area contributed by atoms with Crippen LogP contribution in [0.4, 0.5) is 0 Å². The molecule has 4 nitrogen and oxygen atoms in total. The Bertz CT molecular complexity index is 429. The molecule has 2 atom stereocenters. The van der Waals surface area contributed by atoms with Crippen molar-refractivity contribution in [2.75, 3.05) is 13.7 Å². The molecule has 0 aliphatic carbocycles. The number of ether oxygens (including phenoxy) is 1. The molecule has 0 radical (unpaired) electrons. The second-order valence-corrected chi connectivity index (χ2v) is 5.60. The summed E-state index contributed by atoms with van der Waals surface area (Å²) in [5.74, 6) is 1.04. The van der Waals surface area contributed by atoms with E-state index in [1.165, 1.54) is 5.56 Å². The number of nitrogens with zero attached hydrogens (tertiary/aromatic N) is 1. The van der Waals surface area contributed by atoms with Gasteiger partial charge in [0.15, 0.2) is 0 Å². The van der Waals surface area contributed by atoms with Crippen molar-refractivity contribution in [1.82, 2.24) is 4.90 Å². The van der Waals surface area contributed by atoms with Gasteiger partial charge in [-0.3, -0.25) is 4.79 Å². The molecular weight excluding hydrogens is 264 g/mol. The second-order valence-electron chi connectivity index (χ2n) is 5.60. The van der Waals surface area contributed by atoms with Crippen molar-refractivity contribution >= 4 is 5.91 Å². The Hall–Kier alpha value is -1.55. The van der Waals surface area contributed by atoms with Crippen molar-refractivity contribution in [1.29, 1.82) is 0 Å². The van der Waals surface area contributed by atoms with Crippen molar-refractivity contribution in [3.05, 3.63) is 29.8 Å². The van der Waals surface area contributed by atoms with Gasteiger partial charge in [-0.25, -0.2) is 0 Å². The fourth-order valence-corrected chi connectivity index (χ4v) is 2.44. The Morgan fingerprint density at radius 2 is 1.90 bits per heavy atom. The van der Waals surface area contributed by atoms with Crippen molar-refractivity contribution in [3.8, 4) is 5.75 Å². The molecular formula is C17H28N2O2. The van der Waals surface area contributed by atoms with Crippen LogP contribution in [0.1, 0.15) is 39.2 Å². The first-order valence-electron chi connectivity index (χ1n) is 7.65. The van der Waals surface area contributed by atoms with E-state index in [-0.39, 0.29) is 18.0 Å². The summed E-state index contributed by atoms with van der Waals surface area (Å²) in [6.45, 7) is 6.78. The van der Waals surface area contributed by atoms with E-state index in [9.17, 15) is 4.79 Å². The van der Waals surface area contributed by atoms with E-state index < -0.39 is 0 Å². The van der Waals surface area contributed by atoms with E-state index in [0.717, 1.165) is 25.1 Å². The van der Waals surface area contributed by atoms with Crippen molar-refractivity contribution in [3.63, 3.8) is 0 Å². The van der Waals surface area contributed by atoms with Crippen LogP contribution in [-0.2, 0) is 11.2 Å². The number of rotatable bonds is 8. The molecule has 0 aliphatic heterocycles. The molecule has 1 aromatic carbocycles. The highest BCUT2D eigenvalue weighted by Gasteiger charge is 2.18. The van der Waals surface area contributed by atoms with Gasteiger partial charge in [0.05, 0.1) is 7.11 Å². The van der Waals surface area contributed by atoms with Crippen LogP contribution in [0, 0.1) is 0 Å². The molecule has 0 heterocycles. The van der Waals surface area contributed by atoms with Gasteiger partial charge in [0.2, 0.25) is 5.91 Å². The monoisotopic (exact) mass is 292 g/mol. The van der Waals surface area contributed by atoms with Crippen molar-refractivity contribution in [2.24, 2.45) is 5.73 Å². The molecule has 0 saturated heterocycles. The number of methoxy groups -OCH3 is 1. The molecule has 1 aromatic rings. The van der Waals surface area contributed by atoms with Crippen LogP contribution < -0.4 is 10.5 Å². The summed E-state index contributed by atoms with van der Waals surface area (Å²) in [6.07, 6.45) is 2.12. The molecule has 21 heavy (non-hydrogen) atoms. The lowest BCUT2D eigenvalue weighted by Gasteiger charge is -2.28. The summed E-state index contributed by atoms with van der Waals surface area (Å²) < 4.78 is 5.16. The largest absolute Gasteiger partial charge is 0.497 e. The van der Waals surface area contributed by atoms with Crippen LogP contribution in [0.2, 0.25) is 0 Å². The van der Waals surface area contributed by atoms with Crippen LogP contribution in [0.3, 0.4) is 0 Å². The first kappa shape index (κ1) is 17.5. The molecule has 4 heteroatoms. The third-order valence-corrected chi connectivity index (χ3v) is 3.70. The van der Waals surface area contributed by atoms with Gasteiger partial charge in [-0.15, -0.1) is 0 Å². The van der Waals surface area contributed by atoms with Gasteiger partial charge < -0.3 is 15.4 Å². The number of nitrogens with two attached hydrogens (primary N) is 1. The Morgan fingerprint density at radius 1 is 1.29 bits per heavy atom. The number of hydrogen-bond donors (Lipinski definition) is 1. The maximum atomic E-state index is 12.3. The van der Waals surface area contributed by atoms with E-state index in [2.05, 4.69) is 19.1 Å². The summed E-state index contributed by atoms with van der Waals surface area (Å²) in [4.78, 5) is 14.2. The minimum atomic E-state index is 0.0737. The van der Waals surface area contributed by atoms with E-state index in [1.807, 2.05) is 30.9 Å². The molecule has 0 bridgehead atoms. The summed E-state index contributed by atoms with van der Waals surface area (Å²) in [5.41, 5.74) is 6.94. The molecule has 2 N–H and O–H groups in total. The Morgan fingerprint density at radius 3 is 2.38 bits per heavy atom. The quantitative estimate of drug-likeness (QED) is 0.801. The van der Waals surface area contributed by atoms with E-state index >= 15 is 0 Å². The molecule has 1 rings (SSSR count). The highest BCUT2D eigenvalue weighted by Crippen LogP contribution is 2.15. The number of benzene rings is 1. The highest BCUT2D eigenvalue weighted by atomic mass is 16.5. The highest BCUT2D eigenvalue weighted by molar-refractivity contribution is 5.76. The van der Waals surface area contributed by atoms with Crippen molar-refractivity contribution in [2.45, 2.75) is 52.1 Å². The van der Waals surface area contributed by atoms with Gasteiger partial charge >= 0.3 is 0 Å². The minimum Gasteiger partial charge on any atom is -0.497 e. The molecule has 118 valence electrons. The number of likely N-dealkylation sites (N-methyl/N-ethyl adjacent to an activating group) is 1. The molecule has 0 aromatic heterocycles. The molecule has 0 spiro atoms. The van der Waals surface area contributed by atoms with E-state index in [4.69, 9.17) is 10.5 Å². The standard InChI is InChI=1S/C17H28N2O2/c1-5-19(17(20)11-6-13(2)18)14(3)12-15-7-9-16(21-4)10-8-15/h7-10,13-14H,5-6,11-12,18H2,1-4H3. The molecule has 0 aliphatic rings. The summed E-state index contributed by atoms with van der Waals surface area (Å²) >= 11 is 0. The second kappa shape index (κ2) is 8.67. The average molecular weight is 292 g/mol. The Balaban J connectivity index is 2.60. The summed E-state index contributed by atoms with van der Waals surface area (Å²) in [6, 6.07) is 8.27. The third-order valence-electron chi connectivity index (χ3n) is 3.70. The van der Waals surface area contributed by atoms with Crippen LogP contribution in [0.15, 0.2) is 24.3 Å². The maximum Gasteiger partial charge on any atom is 0.222 e. The maximum absolute atomic E-state index is 12.3. The number of carbonyl (C=O) groups is 1. The fraction of sp³-hybridized carbons (Fsp3) is 0.588. The zero-order valence-electron chi connectivity index (χ0n) is 13.6.